The number of nitrogens with zero attached hydrogens (tertiary/aromatic N) is 2. The topological polar surface area (TPSA) is 86.8 Å². The fourth-order valence-corrected chi connectivity index (χ4v) is 6.09. The number of benzene rings is 1. The van der Waals surface area contributed by atoms with Crippen LogP contribution in [0.15, 0.2) is 29.7 Å². The first kappa shape index (κ1) is 31.3. The van der Waals surface area contributed by atoms with E-state index in [2.05, 4.69) is 5.32 Å². The van der Waals surface area contributed by atoms with Gasteiger partial charge in [-0.15, -0.1) is 0 Å². The number of likely N-dealkylation sites (tertiary alicyclic amines) is 2. The molecule has 2 heterocycles. The Morgan fingerprint density at radius 2 is 1.92 bits per heavy atom. The van der Waals surface area contributed by atoms with Gasteiger partial charge in [-0.2, -0.15) is 13.2 Å². The normalized spacial score (nSPS) is 26.0. The molecular formula is C26H34ClF4N3O4S. The molecule has 39 heavy (non-hydrogen) atoms. The molecule has 2 saturated heterocycles. The second-order valence-corrected chi connectivity index (χ2v) is 12.9. The molecule has 2 amide bonds. The van der Waals surface area contributed by atoms with Gasteiger partial charge in [0.2, 0.25) is 5.91 Å². The third-order valence-electron chi connectivity index (χ3n) is 7.14. The van der Waals surface area contributed by atoms with Crippen LogP contribution in [0.2, 0.25) is 5.02 Å². The van der Waals surface area contributed by atoms with Crippen molar-refractivity contribution < 1.29 is 35.6 Å². The number of aryl methyl sites for hydroxylation is 1. The van der Waals surface area contributed by atoms with E-state index in [1.54, 1.807) is 18.2 Å². The number of amides is 2. The van der Waals surface area contributed by atoms with Crippen LogP contribution in [-0.2, 0) is 19.4 Å². The number of hydrogen-bond acceptors (Lipinski definition) is 5. The zero-order valence-corrected chi connectivity index (χ0v) is 23.7. The van der Waals surface area contributed by atoms with Crippen LogP contribution in [0.25, 0.3) is 0 Å². The smallest absolute Gasteiger partial charge is 0.347 e. The lowest BCUT2D eigenvalue weighted by Gasteiger charge is -2.28. The van der Waals surface area contributed by atoms with Gasteiger partial charge in [0, 0.05) is 61.2 Å². The largest absolute Gasteiger partial charge is 0.401 e. The molecular weight excluding hydrogens is 562 g/mol. The Hall–Kier alpha value is -2.18. The van der Waals surface area contributed by atoms with Crippen molar-refractivity contribution in [3.63, 3.8) is 0 Å². The Balaban J connectivity index is 1.74. The molecule has 2 aliphatic rings. The summed E-state index contributed by atoms with van der Waals surface area (Å²) in [6, 6.07) is 4.50. The minimum absolute atomic E-state index is 0.000871. The van der Waals surface area contributed by atoms with Gasteiger partial charge in [0.1, 0.15) is 0 Å². The van der Waals surface area contributed by atoms with E-state index in [1.807, 2.05) is 6.92 Å². The van der Waals surface area contributed by atoms with Crippen molar-refractivity contribution in [1.82, 2.24) is 15.1 Å². The van der Waals surface area contributed by atoms with Gasteiger partial charge < -0.3 is 10.2 Å². The van der Waals surface area contributed by atoms with Crippen molar-refractivity contribution in [2.75, 3.05) is 39.0 Å². The maximum atomic E-state index is 15.7. The first-order valence-corrected chi connectivity index (χ1v) is 15.0. The van der Waals surface area contributed by atoms with Gasteiger partial charge in [0.05, 0.1) is 12.5 Å². The Labute approximate surface area is 231 Å². The Kier molecular flexibility index (Phi) is 9.76. The van der Waals surface area contributed by atoms with E-state index >= 15 is 4.39 Å². The van der Waals surface area contributed by atoms with Crippen LogP contribution in [0.3, 0.4) is 0 Å². The lowest BCUT2D eigenvalue weighted by molar-refractivity contribution is -0.146. The number of carbonyl (C=O) groups excluding carboxylic acids is 2. The van der Waals surface area contributed by atoms with Crippen LogP contribution in [0.4, 0.5) is 17.6 Å². The van der Waals surface area contributed by atoms with Gasteiger partial charge in [0.15, 0.2) is 15.5 Å². The van der Waals surface area contributed by atoms with Crippen molar-refractivity contribution in [1.29, 1.82) is 0 Å². The SMILES string of the molecule is Cc1ccc([C@@H]2CN(CC(F)(F)F)C[C@@H]2C(=O)N2CCC[C@](F)(C(=O)N[C@H](C)/C=C\S(C)(=O)=O)CC2)c(Cl)c1. The van der Waals surface area contributed by atoms with Gasteiger partial charge in [-0.05, 0) is 43.9 Å². The van der Waals surface area contributed by atoms with Crippen LogP contribution in [0.5, 0.6) is 0 Å². The zero-order chi connectivity index (χ0) is 29.2. The molecule has 0 aromatic heterocycles. The summed E-state index contributed by atoms with van der Waals surface area (Å²) in [5.74, 6) is -2.67. The summed E-state index contributed by atoms with van der Waals surface area (Å²) in [4.78, 5) is 29.0. The lowest BCUT2D eigenvalue weighted by atomic mass is 9.87. The predicted molar refractivity (Wildman–Crippen MR) is 141 cm³/mol. The monoisotopic (exact) mass is 595 g/mol. The second kappa shape index (κ2) is 12.1. The molecule has 1 aromatic carbocycles. The molecule has 1 N–H and O–H groups in total. The minimum Gasteiger partial charge on any atom is -0.347 e. The standard InChI is InChI=1S/C26H34ClF4N3O4S/c1-17-5-6-19(22(27)13-17)20-14-33(16-26(29,30)31)15-21(20)23(35)34-10-4-8-25(28,9-11-34)24(36)32-18(2)7-12-39(3,37)38/h5-7,12-13,18,20-21H,4,8-11,14-16H2,1-3H3,(H,32,36)/b12-7-/t18-,20+,21+,25-/m1/s1. The molecule has 218 valence electrons. The molecule has 7 nitrogen and oxygen atoms in total. The Morgan fingerprint density at radius 1 is 1.23 bits per heavy atom. The van der Waals surface area contributed by atoms with Gasteiger partial charge in [-0.25, -0.2) is 12.8 Å². The van der Waals surface area contributed by atoms with Crippen molar-refractivity contribution >= 4 is 33.3 Å². The summed E-state index contributed by atoms with van der Waals surface area (Å²) < 4.78 is 77.9. The third-order valence-corrected chi connectivity index (χ3v) is 8.12. The molecule has 2 fully saturated rings. The number of alkyl halides is 4. The quantitative estimate of drug-likeness (QED) is 0.482. The molecule has 13 heteroatoms. The molecule has 0 unspecified atom stereocenters. The number of carbonyl (C=O) groups is 2. The van der Waals surface area contributed by atoms with E-state index < -0.39 is 57.9 Å². The lowest BCUT2D eigenvalue weighted by Crippen LogP contribution is -2.47. The van der Waals surface area contributed by atoms with Crippen LogP contribution >= 0.6 is 11.6 Å². The summed E-state index contributed by atoms with van der Waals surface area (Å²) in [7, 11) is -3.41. The molecule has 0 radical (unpaired) electrons. The molecule has 0 spiro atoms. The van der Waals surface area contributed by atoms with E-state index in [-0.39, 0.29) is 45.4 Å². The van der Waals surface area contributed by atoms with Crippen LogP contribution in [0, 0.1) is 12.8 Å². The first-order chi connectivity index (χ1) is 18.0. The number of nitrogens with one attached hydrogen (secondary N) is 1. The molecule has 4 atom stereocenters. The highest BCUT2D eigenvalue weighted by molar-refractivity contribution is 7.93. The minimum atomic E-state index is -4.43. The average Bonchev–Trinajstić information content (AvgIpc) is 3.08. The highest BCUT2D eigenvalue weighted by Gasteiger charge is 2.46. The summed E-state index contributed by atoms with van der Waals surface area (Å²) in [6.07, 6.45) is -2.46. The van der Waals surface area contributed by atoms with Crippen molar-refractivity contribution in [3.8, 4) is 0 Å². The van der Waals surface area contributed by atoms with Crippen LogP contribution < -0.4 is 5.32 Å². The molecule has 1 aromatic rings. The van der Waals surface area contributed by atoms with Gasteiger partial charge in [-0.1, -0.05) is 29.8 Å². The van der Waals surface area contributed by atoms with Crippen LogP contribution in [-0.4, -0.2) is 86.9 Å². The summed E-state index contributed by atoms with van der Waals surface area (Å²) in [5.41, 5.74) is -0.807. The summed E-state index contributed by atoms with van der Waals surface area (Å²) in [6.45, 7) is 2.15. The fraction of sp³-hybridized carbons (Fsp3) is 0.615. The fourth-order valence-electron chi connectivity index (χ4n) is 5.19. The average molecular weight is 596 g/mol. The third kappa shape index (κ3) is 8.65. The van der Waals surface area contributed by atoms with E-state index in [0.717, 1.165) is 17.2 Å². The van der Waals surface area contributed by atoms with Gasteiger partial charge in [-0.3, -0.25) is 14.5 Å². The number of hydrogen-bond donors (Lipinski definition) is 1. The Morgan fingerprint density at radius 3 is 2.54 bits per heavy atom. The maximum absolute atomic E-state index is 15.7. The molecule has 0 aliphatic carbocycles. The number of halogens is 5. The molecule has 3 rings (SSSR count). The molecule has 2 aliphatic heterocycles. The summed E-state index contributed by atoms with van der Waals surface area (Å²) >= 11 is 6.44. The zero-order valence-electron chi connectivity index (χ0n) is 22.1. The van der Waals surface area contributed by atoms with Crippen molar-refractivity contribution in [2.45, 2.75) is 56.9 Å². The van der Waals surface area contributed by atoms with Gasteiger partial charge in [0.25, 0.3) is 5.91 Å². The summed E-state index contributed by atoms with van der Waals surface area (Å²) in [5, 5.41) is 3.76. The number of rotatable bonds is 7. The number of sulfone groups is 1. The predicted octanol–water partition coefficient (Wildman–Crippen LogP) is 4.01. The molecule has 0 bridgehead atoms. The van der Waals surface area contributed by atoms with E-state index in [1.165, 1.54) is 22.8 Å². The maximum Gasteiger partial charge on any atom is 0.401 e. The van der Waals surface area contributed by atoms with Gasteiger partial charge >= 0.3 is 6.18 Å². The van der Waals surface area contributed by atoms with E-state index in [9.17, 15) is 31.2 Å². The van der Waals surface area contributed by atoms with E-state index in [0.29, 0.717) is 10.6 Å². The highest BCUT2D eigenvalue weighted by Crippen LogP contribution is 2.39. The Bertz CT molecular complexity index is 1210. The van der Waals surface area contributed by atoms with Crippen molar-refractivity contribution in [2.24, 2.45) is 5.92 Å². The van der Waals surface area contributed by atoms with Crippen molar-refractivity contribution in [3.05, 3.63) is 45.8 Å². The van der Waals surface area contributed by atoms with Crippen LogP contribution in [0.1, 0.15) is 43.2 Å². The second-order valence-electron chi connectivity index (χ2n) is 10.6. The molecule has 0 saturated carbocycles. The first-order valence-electron chi connectivity index (χ1n) is 12.7. The highest BCUT2D eigenvalue weighted by atomic mass is 35.5. The van der Waals surface area contributed by atoms with E-state index in [4.69, 9.17) is 11.6 Å².